The smallest absolute Gasteiger partial charge is 0.294 e. The van der Waals surface area contributed by atoms with E-state index in [0.717, 1.165) is 28.9 Å². The molecule has 5 nitrogen and oxygen atoms in total. The third kappa shape index (κ3) is 5.25. The van der Waals surface area contributed by atoms with Gasteiger partial charge in [-0.2, -0.15) is 0 Å². The second kappa shape index (κ2) is 9.85. The van der Waals surface area contributed by atoms with Crippen molar-refractivity contribution in [1.29, 1.82) is 0 Å². The summed E-state index contributed by atoms with van der Waals surface area (Å²) in [6.07, 6.45) is 3.36. The number of hydrogen-bond acceptors (Lipinski definition) is 4. The Morgan fingerprint density at radius 3 is 2.43 bits per heavy atom. The largest absolute Gasteiger partial charge is 0.314 e. The van der Waals surface area contributed by atoms with Crippen molar-refractivity contribution in [1.82, 2.24) is 4.57 Å². The van der Waals surface area contributed by atoms with Gasteiger partial charge in [-0.3, -0.25) is 10.1 Å². The molecule has 0 radical (unpaired) electrons. The average Bonchev–Trinajstić information content (AvgIpc) is 3.12. The van der Waals surface area contributed by atoms with Gasteiger partial charge in [-0.25, -0.2) is 4.99 Å². The Balaban J connectivity index is 2.09. The van der Waals surface area contributed by atoms with Gasteiger partial charge in [0.1, 0.15) is 5.69 Å². The molecule has 0 aliphatic carbocycles. The Morgan fingerprint density at radius 1 is 1.07 bits per heavy atom. The van der Waals surface area contributed by atoms with Gasteiger partial charge < -0.3 is 4.57 Å². The third-order valence-electron chi connectivity index (χ3n) is 5.23. The fourth-order valence-corrected chi connectivity index (χ4v) is 4.54. The summed E-state index contributed by atoms with van der Waals surface area (Å²) >= 11 is 1.53. The molecule has 3 aromatic rings. The Kier molecular flexibility index (Phi) is 7.21. The lowest BCUT2D eigenvalue weighted by Gasteiger charge is -2.18. The zero-order valence-corrected chi connectivity index (χ0v) is 18.9. The van der Waals surface area contributed by atoms with E-state index in [-0.39, 0.29) is 16.7 Å². The molecule has 0 fully saturated rings. The summed E-state index contributed by atoms with van der Waals surface area (Å²) in [5.41, 5.74) is 3.88. The van der Waals surface area contributed by atoms with E-state index in [1.54, 1.807) is 18.2 Å². The van der Waals surface area contributed by atoms with Crippen LogP contribution < -0.4 is 4.80 Å². The molecule has 3 rings (SSSR count). The summed E-state index contributed by atoms with van der Waals surface area (Å²) in [6.45, 7) is 8.78. The van der Waals surface area contributed by atoms with Crippen LogP contribution in [0, 0.1) is 23.0 Å². The lowest BCUT2D eigenvalue weighted by Crippen LogP contribution is -2.20. The number of benzene rings is 2. The van der Waals surface area contributed by atoms with Gasteiger partial charge in [0.15, 0.2) is 4.80 Å². The first-order chi connectivity index (χ1) is 14.4. The maximum absolute atomic E-state index is 11.4. The predicted molar refractivity (Wildman–Crippen MR) is 124 cm³/mol. The molecule has 1 atom stereocenters. The van der Waals surface area contributed by atoms with E-state index in [0.29, 0.717) is 11.6 Å². The highest BCUT2D eigenvalue weighted by Gasteiger charge is 2.16. The first-order valence-corrected chi connectivity index (χ1v) is 11.3. The molecular weight excluding hydrogens is 394 g/mol. The van der Waals surface area contributed by atoms with E-state index in [4.69, 9.17) is 4.99 Å². The summed E-state index contributed by atoms with van der Waals surface area (Å²) in [5, 5.41) is 13.5. The summed E-state index contributed by atoms with van der Waals surface area (Å²) in [6, 6.07) is 15.4. The number of nitro benzene ring substituents is 1. The number of aryl methyl sites for hydroxylation is 1. The van der Waals surface area contributed by atoms with Crippen LogP contribution in [-0.4, -0.2) is 9.49 Å². The second-order valence-electron chi connectivity index (χ2n) is 8.17. The molecule has 30 heavy (non-hydrogen) atoms. The Labute approximate surface area is 181 Å². The van der Waals surface area contributed by atoms with Crippen LogP contribution in [0.3, 0.4) is 0 Å². The normalized spacial score (nSPS) is 13.0. The fraction of sp³-hybridized carbons (Fsp3) is 0.375. The van der Waals surface area contributed by atoms with Gasteiger partial charge in [0.2, 0.25) is 0 Å². The zero-order valence-electron chi connectivity index (χ0n) is 18.0. The highest BCUT2D eigenvalue weighted by Crippen LogP contribution is 2.29. The van der Waals surface area contributed by atoms with Crippen molar-refractivity contribution < 1.29 is 4.92 Å². The fourth-order valence-electron chi connectivity index (χ4n) is 3.53. The van der Waals surface area contributed by atoms with E-state index >= 15 is 0 Å². The third-order valence-corrected chi connectivity index (χ3v) is 6.07. The minimum atomic E-state index is -0.371. The molecule has 0 aliphatic rings. The number of hydrogen-bond donors (Lipinski definition) is 0. The van der Waals surface area contributed by atoms with Crippen molar-refractivity contribution in [2.24, 2.45) is 10.9 Å². The van der Waals surface area contributed by atoms with Crippen LogP contribution >= 0.6 is 11.3 Å². The van der Waals surface area contributed by atoms with Gasteiger partial charge >= 0.3 is 0 Å². The van der Waals surface area contributed by atoms with Crippen LogP contribution in [0.5, 0.6) is 0 Å². The summed E-state index contributed by atoms with van der Waals surface area (Å²) in [7, 11) is 0. The number of aromatic nitrogens is 1. The minimum Gasteiger partial charge on any atom is -0.314 e. The van der Waals surface area contributed by atoms with E-state index in [2.05, 4.69) is 61.9 Å². The number of nitro groups is 1. The first kappa shape index (κ1) is 22.0. The van der Waals surface area contributed by atoms with Crippen LogP contribution in [0.2, 0.25) is 0 Å². The molecule has 0 saturated carbocycles. The van der Waals surface area contributed by atoms with Crippen molar-refractivity contribution >= 4 is 22.7 Å². The van der Waals surface area contributed by atoms with Crippen molar-refractivity contribution in [2.45, 2.75) is 53.0 Å². The van der Waals surface area contributed by atoms with E-state index in [1.807, 2.05) is 0 Å². The molecule has 0 bridgehead atoms. The van der Waals surface area contributed by atoms with E-state index in [1.165, 1.54) is 29.4 Å². The molecule has 1 heterocycles. The number of para-hydroxylation sites is 2. The highest BCUT2D eigenvalue weighted by atomic mass is 32.1. The molecule has 6 heteroatoms. The lowest BCUT2D eigenvalue weighted by atomic mass is 10.0. The number of nitrogens with zero attached hydrogens (tertiary/aromatic N) is 3. The molecule has 0 aliphatic heterocycles. The summed E-state index contributed by atoms with van der Waals surface area (Å²) < 4.78 is 2.24. The summed E-state index contributed by atoms with van der Waals surface area (Å²) in [5.74, 6) is 0.678. The van der Waals surface area contributed by atoms with Crippen molar-refractivity contribution in [3.8, 4) is 11.3 Å². The van der Waals surface area contributed by atoms with Crippen molar-refractivity contribution in [2.75, 3.05) is 0 Å². The molecule has 0 amide bonds. The Bertz CT molecular complexity index is 1060. The predicted octanol–water partition coefficient (Wildman–Crippen LogP) is 7.05. The van der Waals surface area contributed by atoms with Gasteiger partial charge in [-0.05, 0) is 37.8 Å². The van der Waals surface area contributed by atoms with Crippen LogP contribution in [-0.2, 0) is 0 Å². The minimum absolute atomic E-state index is 0.0294. The van der Waals surface area contributed by atoms with E-state index in [9.17, 15) is 10.1 Å². The first-order valence-electron chi connectivity index (χ1n) is 10.4. The van der Waals surface area contributed by atoms with Crippen molar-refractivity contribution in [3.63, 3.8) is 0 Å². The Morgan fingerprint density at radius 2 is 1.77 bits per heavy atom. The highest BCUT2D eigenvalue weighted by molar-refractivity contribution is 7.07. The molecule has 0 N–H and O–H groups in total. The maximum Gasteiger partial charge on any atom is 0.294 e. The molecule has 0 saturated heterocycles. The van der Waals surface area contributed by atoms with Crippen molar-refractivity contribution in [3.05, 3.63) is 74.4 Å². The van der Waals surface area contributed by atoms with Gasteiger partial charge in [0, 0.05) is 17.5 Å². The molecular formula is C24H29N3O2S. The monoisotopic (exact) mass is 423 g/mol. The standard InChI is InChI=1S/C24H29N3O2S/c1-17(2)8-7-9-19(4)26-23(20-14-12-18(3)13-15-20)16-30-24(26)25-21-10-5-6-11-22(21)27(28)29/h5-6,10-17,19H,7-9H2,1-4H3. The van der Waals surface area contributed by atoms with Crippen LogP contribution in [0.15, 0.2) is 58.9 Å². The maximum atomic E-state index is 11.4. The molecule has 1 aromatic heterocycles. The zero-order chi connectivity index (χ0) is 21.7. The molecule has 0 spiro atoms. The van der Waals surface area contributed by atoms with E-state index < -0.39 is 0 Å². The second-order valence-corrected chi connectivity index (χ2v) is 9.01. The van der Waals surface area contributed by atoms with Gasteiger partial charge in [0.05, 0.1) is 10.6 Å². The summed E-state index contributed by atoms with van der Waals surface area (Å²) in [4.78, 5) is 16.6. The SMILES string of the molecule is Cc1ccc(-c2csc(=Nc3ccccc3[N+](=O)[O-])n2C(C)CCCC(C)C)cc1. The van der Waals surface area contributed by atoms with Crippen LogP contribution in [0.4, 0.5) is 11.4 Å². The van der Waals surface area contributed by atoms with Crippen LogP contribution in [0.1, 0.15) is 51.6 Å². The number of rotatable bonds is 8. The molecule has 1 unspecified atom stereocenters. The van der Waals surface area contributed by atoms with Gasteiger partial charge in [-0.1, -0.05) is 68.7 Å². The van der Waals surface area contributed by atoms with Crippen LogP contribution in [0.25, 0.3) is 11.3 Å². The van der Waals surface area contributed by atoms with Gasteiger partial charge in [-0.15, -0.1) is 11.3 Å². The average molecular weight is 424 g/mol. The molecule has 2 aromatic carbocycles. The topological polar surface area (TPSA) is 60.4 Å². The number of thiazole rings is 1. The molecule has 158 valence electrons. The lowest BCUT2D eigenvalue weighted by molar-refractivity contribution is -0.384. The quantitative estimate of drug-likeness (QED) is 0.288. The Hall–Kier alpha value is -2.73. The van der Waals surface area contributed by atoms with Gasteiger partial charge in [0.25, 0.3) is 5.69 Å².